The molecule has 2 rings (SSSR count). The highest BCUT2D eigenvalue weighted by atomic mass is 19.1. The normalized spacial score (nSPS) is 15.9. The van der Waals surface area contributed by atoms with Crippen molar-refractivity contribution in [1.29, 1.82) is 0 Å². The number of nitrogens with one attached hydrogen (secondary N) is 2. The maximum Gasteiger partial charge on any atom is 0.257 e. The fourth-order valence-corrected chi connectivity index (χ4v) is 3.22. The zero-order valence-corrected chi connectivity index (χ0v) is 17.0. The van der Waals surface area contributed by atoms with Crippen molar-refractivity contribution in [1.82, 2.24) is 20.4 Å². The minimum atomic E-state index is -0.976. The van der Waals surface area contributed by atoms with Crippen molar-refractivity contribution in [2.75, 3.05) is 39.3 Å². The first-order valence-electron chi connectivity index (χ1n) is 9.77. The average molecular weight is 410 g/mol. The molecular formula is C20H28F2N4O3. The number of hydrogen-bond donors (Lipinski definition) is 2. The third-order valence-electron chi connectivity index (χ3n) is 4.83. The predicted octanol–water partition coefficient (Wildman–Crippen LogP) is 1.000. The van der Waals surface area contributed by atoms with Gasteiger partial charge in [-0.2, -0.15) is 0 Å². The van der Waals surface area contributed by atoms with Gasteiger partial charge in [-0.1, -0.05) is 19.9 Å². The van der Waals surface area contributed by atoms with Gasteiger partial charge in [0, 0.05) is 32.7 Å². The minimum Gasteiger partial charge on any atom is -0.355 e. The topological polar surface area (TPSA) is 81.8 Å². The summed E-state index contributed by atoms with van der Waals surface area (Å²) in [5.41, 5.74) is -0.697. The molecule has 0 aromatic heterocycles. The first-order valence-corrected chi connectivity index (χ1v) is 9.77. The van der Waals surface area contributed by atoms with Crippen LogP contribution in [-0.4, -0.2) is 72.8 Å². The van der Waals surface area contributed by atoms with Crippen molar-refractivity contribution in [2.24, 2.45) is 5.92 Å². The van der Waals surface area contributed by atoms with Gasteiger partial charge in [-0.05, 0) is 25.0 Å². The molecule has 1 aliphatic heterocycles. The van der Waals surface area contributed by atoms with Crippen molar-refractivity contribution in [3.05, 3.63) is 35.4 Å². The second kappa shape index (κ2) is 10.3. The molecular weight excluding hydrogens is 382 g/mol. The van der Waals surface area contributed by atoms with Crippen molar-refractivity contribution in [2.45, 2.75) is 26.8 Å². The molecule has 0 spiro atoms. The zero-order valence-electron chi connectivity index (χ0n) is 17.0. The lowest BCUT2D eigenvalue weighted by Gasteiger charge is -2.37. The molecule has 9 heteroatoms. The van der Waals surface area contributed by atoms with E-state index in [0.717, 1.165) is 12.1 Å². The van der Waals surface area contributed by atoms with Crippen LogP contribution < -0.4 is 10.6 Å². The Morgan fingerprint density at radius 1 is 1.07 bits per heavy atom. The van der Waals surface area contributed by atoms with Crippen LogP contribution in [-0.2, 0) is 9.59 Å². The summed E-state index contributed by atoms with van der Waals surface area (Å²) < 4.78 is 27.8. The van der Waals surface area contributed by atoms with Crippen LogP contribution in [0.2, 0.25) is 0 Å². The van der Waals surface area contributed by atoms with Crippen LogP contribution in [0.4, 0.5) is 8.78 Å². The van der Waals surface area contributed by atoms with Gasteiger partial charge in [0.1, 0.15) is 23.2 Å². The Labute approximate surface area is 169 Å². The van der Waals surface area contributed by atoms with Crippen LogP contribution in [0.3, 0.4) is 0 Å². The lowest BCUT2D eigenvalue weighted by Crippen LogP contribution is -2.57. The maximum atomic E-state index is 13.9. The molecule has 0 aliphatic carbocycles. The van der Waals surface area contributed by atoms with E-state index >= 15 is 0 Å². The lowest BCUT2D eigenvalue weighted by molar-refractivity contribution is -0.136. The number of hydrogen-bond acceptors (Lipinski definition) is 4. The van der Waals surface area contributed by atoms with Gasteiger partial charge in [-0.25, -0.2) is 8.78 Å². The summed E-state index contributed by atoms with van der Waals surface area (Å²) in [6, 6.07) is 2.26. The highest BCUT2D eigenvalue weighted by molar-refractivity contribution is 5.98. The van der Waals surface area contributed by atoms with Crippen LogP contribution in [0.15, 0.2) is 18.2 Å². The second-order valence-electron chi connectivity index (χ2n) is 7.35. The van der Waals surface area contributed by atoms with E-state index in [2.05, 4.69) is 10.6 Å². The SMILES string of the molecule is CCNC(=O)CN1CCN(C(=O)C(NC(=O)c2c(F)cccc2F)C(C)C)CC1. The van der Waals surface area contributed by atoms with Crippen LogP contribution in [0, 0.1) is 17.6 Å². The molecule has 1 atom stereocenters. The molecule has 2 N–H and O–H groups in total. The van der Waals surface area contributed by atoms with E-state index < -0.39 is 29.1 Å². The van der Waals surface area contributed by atoms with Crippen molar-refractivity contribution in [3.63, 3.8) is 0 Å². The fraction of sp³-hybridized carbons (Fsp3) is 0.550. The molecule has 0 saturated carbocycles. The Morgan fingerprint density at radius 2 is 1.66 bits per heavy atom. The van der Waals surface area contributed by atoms with E-state index in [9.17, 15) is 23.2 Å². The number of nitrogens with zero attached hydrogens (tertiary/aromatic N) is 2. The molecule has 1 aliphatic rings. The summed E-state index contributed by atoms with van der Waals surface area (Å²) in [5.74, 6) is -3.54. The number of amides is 3. The Kier molecular flexibility index (Phi) is 8.07. The molecule has 160 valence electrons. The molecule has 7 nitrogen and oxygen atoms in total. The monoisotopic (exact) mass is 410 g/mol. The molecule has 3 amide bonds. The number of halogens is 2. The number of likely N-dealkylation sites (N-methyl/N-ethyl adjacent to an activating group) is 1. The quantitative estimate of drug-likeness (QED) is 0.703. The third-order valence-corrected chi connectivity index (χ3v) is 4.83. The van der Waals surface area contributed by atoms with Crippen molar-refractivity contribution < 1.29 is 23.2 Å². The summed E-state index contributed by atoms with van der Waals surface area (Å²) in [4.78, 5) is 40.6. The summed E-state index contributed by atoms with van der Waals surface area (Å²) in [5, 5.41) is 5.22. The number of carbonyl (C=O) groups excluding carboxylic acids is 3. The van der Waals surface area contributed by atoms with Crippen LogP contribution in [0.1, 0.15) is 31.1 Å². The maximum absolute atomic E-state index is 13.9. The molecule has 1 saturated heterocycles. The Balaban J connectivity index is 2.00. The van der Waals surface area contributed by atoms with Gasteiger partial charge < -0.3 is 15.5 Å². The number of carbonyl (C=O) groups is 3. The van der Waals surface area contributed by atoms with E-state index in [0.29, 0.717) is 32.7 Å². The van der Waals surface area contributed by atoms with Crippen molar-refractivity contribution >= 4 is 17.7 Å². The molecule has 1 aromatic carbocycles. The van der Waals surface area contributed by atoms with Crippen LogP contribution >= 0.6 is 0 Å². The molecule has 0 bridgehead atoms. The summed E-state index contributed by atoms with van der Waals surface area (Å²) in [6.07, 6.45) is 0. The van der Waals surface area contributed by atoms with Gasteiger partial charge in [-0.15, -0.1) is 0 Å². The smallest absolute Gasteiger partial charge is 0.257 e. The molecule has 29 heavy (non-hydrogen) atoms. The minimum absolute atomic E-state index is 0.0634. The second-order valence-corrected chi connectivity index (χ2v) is 7.35. The van der Waals surface area contributed by atoms with Gasteiger partial charge in [-0.3, -0.25) is 19.3 Å². The predicted molar refractivity (Wildman–Crippen MR) is 104 cm³/mol. The van der Waals surface area contributed by atoms with Gasteiger partial charge in [0.25, 0.3) is 5.91 Å². The van der Waals surface area contributed by atoms with Crippen LogP contribution in [0.25, 0.3) is 0 Å². The standard InChI is InChI=1S/C20H28F2N4O3/c1-4-23-16(27)12-25-8-10-26(11-9-25)20(29)18(13(2)3)24-19(28)17-14(21)6-5-7-15(17)22/h5-7,13,18H,4,8-12H2,1-3H3,(H,23,27)(H,24,28). The fourth-order valence-electron chi connectivity index (χ4n) is 3.22. The molecule has 0 radical (unpaired) electrons. The molecule has 1 fully saturated rings. The Bertz CT molecular complexity index is 729. The van der Waals surface area contributed by atoms with E-state index in [1.807, 2.05) is 11.8 Å². The molecule has 1 heterocycles. The Hall–Kier alpha value is -2.55. The lowest BCUT2D eigenvalue weighted by atomic mass is 10.0. The number of rotatable bonds is 7. The van der Waals surface area contributed by atoms with Gasteiger partial charge in [0.15, 0.2) is 0 Å². The van der Waals surface area contributed by atoms with E-state index in [-0.39, 0.29) is 24.3 Å². The van der Waals surface area contributed by atoms with E-state index in [1.165, 1.54) is 6.07 Å². The van der Waals surface area contributed by atoms with Gasteiger partial charge in [0.2, 0.25) is 11.8 Å². The van der Waals surface area contributed by atoms with E-state index in [1.54, 1.807) is 18.7 Å². The molecule has 1 aromatic rings. The summed E-state index contributed by atoms with van der Waals surface area (Å²) >= 11 is 0. The first-order chi connectivity index (χ1) is 13.7. The zero-order chi connectivity index (χ0) is 21.6. The Morgan fingerprint density at radius 3 is 2.17 bits per heavy atom. The van der Waals surface area contributed by atoms with Gasteiger partial charge >= 0.3 is 0 Å². The average Bonchev–Trinajstić information content (AvgIpc) is 2.66. The first kappa shape index (κ1) is 22.7. The summed E-state index contributed by atoms with van der Waals surface area (Å²) in [6.45, 7) is 8.08. The highest BCUT2D eigenvalue weighted by Gasteiger charge is 2.32. The van der Waals surface area contributed by atoms with E-state index in [4.69, 9.17) is 0 Å². The largest absolute Gasteiger partial charge is 0.355 e. The van der Waals surface area contributed by atoms with Crippen molar-refractivity contribution in [3.8, 4) is 0 Å². The highest BCUT2D eigenvalue weighted by Crippen LogP contribution is 2.15. The van der Waals surface area contributed by atoms with Crippen LogP contribution in [0.5, 0.6) is 0 Å². The summed E-state index contributed by atoms with van der Waals surface area (Å²) in [7, 11) is 0. The molecule has 1 unspecified atom stereocenters. The number of piperazine rings is 1. The number of benzene rings is 1. The third kappa shape index (κ3) is 5.96. The van der Waals surface area contributed by atoms with Gasteiger partial charge in [0.05, 0.1) is 6.54 Å².